The summed E-state index contributed by atoms with van der Waals surface area (Å²) in [4.78, 5) is 36.6. The minimum Gasteiger partial charge on any atom is -0.507 e. The number of aromatic hydroxyl groups is 4. The number of carbonyl (C=O) groups excluding carboxylic acids is 1. The van der Waals surface area contributed by atoms with Gasteiger partial charge in [0.1, 0.15) is 84.2 Å². The van der Waals surface area contributed by atoms with E-state index in [-0.39, 0.29) is 11.3 Å². The second-order valence-electron chi connectivity index (χ2n) is 13.0. The molecule has 0 unspecified atom stereocenters. The molecule has 53 heavy (non-hydrogen) atoms. The quantitative estimate of drug-likeness (QED) is 0.0729. The predicted octanol–water partition coefficient (Wildman–Crippen LogP) is -2.21. The van der Waals surface area contributed by atoms with Gasteiger partial charge in [-0.2, -0.15) is 0 Å². The summed E-state index contributed by atoms with van der Waals surface area (Å²) in [7, 11) is 0. The largest absolute Gasteiger partial charge is 0.507 e. The first kappa shape index (κ1) is 39.6. The Kier molecular flexibility index (Phi) is 11.5. The first-order chi connectivity index (χ1) is 24.8. The molecule has 2 fully saturated rings. The molecule has 0 bridgehead atoms. The van der Waals surface area contributed by atoms with Gasteiger partial charge in [-0.3, -0.25) is 14.4 Å². The van der Waals surface area contributed by atoms with Crippen LogP contribution in [-0.2, 0) is 28.5 Å². The average Bonchev–Trinajstić information content (AvgIpc) is 3.07. The van der Waals surface area contributed by atoms with E-state index in [4.69, 9.17) is 28.5 Å². The Morgan fingerprint density at radius 1 is 0.811 bits per heavy atom. The summed E-state index contributed by atoms with van der Waals surface area (Å²) in [5.41, 5.74) is -3.92. The lowest BCUT2D eigenvalue weighted by Crippen LogP contribution is -2.63. The van der Waals surface area contributed by atoms with Crippen LogP contribution in [0.15, 0.2) is 39.5 Å². The Balaban J connectivity index is 1.51. The molecule has 3 aromatic rings. The van der Waals surface area contributed by atoms with Gasteiger partial charge in [-0.15, -0.1) is 0 Å². The smallest absolute Gasteiger partial charge is 0.308 e. The van der Waals surface area contributed by atoms with Crippen molar-refractivity contribution in [2.45, 2.75) is 86.6 Å². The van der Waals surface area contributed by atoms with Crippen LogP contribution >= 0.6 is 0 Å². The maximum absolute atomic E-state index is 13.3. The van der Waals surface area contributed by atoms with Crippen LogP contribution in [0, 0.1) is 0 Å². The molecule has 1 aromatic heterocycles. The number of hydrogen-bond donors (Lipinski definition) is 12. The van der Waals surface area contributed by atoms with Gasteiger partial charge < -0.3 is 84.6 Å². The van der Waals surface area contributed by atoms with E-state index in [1.807, 2.05) is 0 Å². The molecule has 0 amide bonds. The number of fused-ring (bicyclic) bond motifs is 1. The lowest BCUT2D eigenvalue weighted by atomic mass is 9.89. The van der Waals surface area contributed by atoms with Gasteiger partial charge >= 0.3 is 11.9 Å². The second-order valence-corrected chi connectivity index (χ2v) is 13.0. The van der Waals surface area contributed by atoms with E-state index in [0.717, 1.165) is 31.2 Å². The number of carbonyl (C=O) groups is 2. The van der Waals surface area contributed by atoms with Crippen molar-refractivity contribution in [2.24, 2.45) is 0 Å². The number of ether oxygens (including phenoxy) is 4. The van der Waals surface area contributed by atoms with Crippen LogP contribution in [0.25, 0.3) is 22.3 Å². The predicted molar refractivity (Wildman–Crippen MR) is 171 cm³/mol. The van der Waals surface area contributed by atoms with Crippen LogP contribution in [0.2, 0.25) is 0 Å². The Bertz CT molecular complexity index is 1890. The van der Waals surface area contributed by atoms with Gasteiger partial charge in [-0.05, 0) is 25.1 Å². The fourth-order valence-corrected chi connectivity index (χ4v) is 6.14. The number of aliphatic hydroxyl groups excluding tert-OH is 6. The van der Waals surface area contributed by atoms with Gasteiger partial charge in [0.15, 0.2) is 28.8 Å². The molecule has 290 valence electrons. The van der Waals surface area contributed by atoms with Crippen molar-refractivity contribution in [3.05, 3.63) is 46.1 Å². The normalized spacial score (nSPS) is 30.1. The summed E-state index contributed by atoms with van der Waals surface area (Å²) in [6.07, 6.45) is -20.8. The van der Waals surface area contributed by atoms with Crippen molar-refractivity contribution < 1.29 is 94.2 Å². The molecule has 0 radical (unpaired) electrons. The van der Waals surface area contributed by atoms with Gasteiger partial charge in [-0.25, -0.2) is 0 Å². The molecule has 0 aliphatic carbocycles. The molecule has 20 heteroatoms. The fourth-order valence-electron chi connectivity index (χ4n) is 6.14. The summed E-state index contributed by atoms with van der Waals surface area (Å²) >= 11 is 0. The number of aliphatic carboxylic acids is 1. The number of rotatable bonds is 11. The molecule has 5 rings (SSSR count). The standard InChI is InChI=1S/C33H38O20/c1-33(48,7-20(40)41)8-21(42)49-10-19-25(44)26(45)28(47)32(52-19)53-31-27(46)24(43)18(9-34)51-30(31)23-15(38)5-14(37)22-16(39)6-17(50-29(22)23)11-2-3-12(35)13(36)4-11/h2-6,18-19,24-28,30-32,34-38,43-48H,7-10H2,1H3,(H,40,41)/t18-,19-,24-,25+,26+,27+,28-,30+,31-,32+,33+/m1/s1. The van der Waals surface area contributed by atoms with Crippen molar-refractivity contribution in [2.75, 3.05) is 13.2 Å². The highest BCUT2D eigenvalue weighted by molar-refractivity contribution is 5.89. The van der Waals surface area contributed by atoms with E-state index >= 15 is 0 Å². The van der Waals surface area contributed by atoms with Crippen molar-refractivity contribution in [3.63, 3.8) is 0 Å². The summed E-state index contributed by atoms with van der Waals surface area (Å²) in [5, 5.41) is 124. The third-order valence-electron chi connectivity index (χ3n) is 8.84. The summed E-state index contributed by atoms with van der Waals surface area (Å²) in [5.74, 6) is -5.48. The van der Waals surface area contributed by atoms with E-state index in [9.17, 15) is 70.6 Å². The van der Waals surface area contributed by atoms with Crippen molar-refractivity contribution >= 4 is 22.9 Å². The van der Waals surface area contributed by atoms with E-state index in [1.165, 1.54) is 6.07 Å². The third kappa shape index (κ3) is 8.16. The van der Waals surface area contributed by atoms with Gasteiger partial charge in [0.25, 0.3) is 0 Å². The van der Waals surface area contributed by atoms with Gasteiger partial charge in [0.2, 0.25) is 0 Å². The Morgan fingerprint density at radius 2 is 1.49 bits per heavy atom. The highest BCUT2D eigenvalue weighted by Gasteiger charge is 2.52. The molecule has 0 saturated carbocycles. The highest BCUT2D eigenvalue weighted by atomic mass is 16.7. The van der Waals surface area contributed by atoms with Crippen LogP contribution in [0.5, 0.6) is 23.0 Å². The first-order valence-electron chi connectivity index (χ1n) is 16.0. The van der Waals surface area contributed by atoms with Gasteiger partial charge in [-0.1, -0.05) is 0 Å². The molecule has 2 aliphatic rings. The van der Waals surface area contributed by atoms with Crippen LogP contribution < -0.4 is 5.43 Å². The number of phenolic OH excluding ortho intramolecular Hbond substituents is 4. The number of aliphatic hydroxyl groups is 7. The third-order valence-corrected chi connectivity index (χ3v) is 8.84. The van der Waals surface area contributed by atoms with Crippen LogP contribution in [0.1, 0.15) is 31.4 Å². The zero-order valence-corrected chi connectivity index (χ0v) is 27.6. The van der Waals surface area contributed by atoms with Crippen LogP contribution in [0.3, 0.4) is 0 Å². The second kappa shape index (κ2) is 15.4. The minimum absolute atomic E-state index is 0.0395. The SMILES string of the molecule is C[C@](O)(CC(=O)O)CC(=O)OC[C@H]1O[C@@H](O[C@@H]2[C@@H](O)[C@H](O)[C@@H](CO)O[C@H]2c2c(O)cc(O)c3c(=O)cc(-c4ccc(O)c(O)c4)oc23)[C@H](O)[C@@H](O)[C@H]1O. The summed E-state index contributed by atoms with van der Waals surface area (Å²) < 4.78 is 28.1. The molecule has 12 N–H and O–H groups in total. The van der Waals surface area contributed by atoms with E-state index in [0.29, 0.717) is 0 Å². The molecule has 0 spiro atoms. The molecule has 11 atom stereocenters. The molecule has 2 aromatic carbocycles. The van der Waals surface area contributed by atoms with E-state index in [2.05, 4.69) is 0 Å². The van der Waals surface area contributed by atoms with Crippen LogP contribution in [-0.4, -0.2) is 147 Å². The lowest BCUT2D eigenvalue weighted by molar-refractivity contribution is -0.342. The molecule has 2 aliphatic heterocycles. The Hall–Kier alpha value is -4.61. The van der Waals surface area contributed by atoms with Crippen LogP contribution in [0.4, 0.5) is 0 Å². The van der Waals surface area contributed by atoms with Crippen molar-refractivity contribution in [1.82, 2.24) is 0 Å². The molecular weight excluding hydrogens is 716 g/mol. The summed E-state index contributed by atoms with van der Waals surface area (Å²) in [6.45, 7) is -0.679. The number of phenols is 4. The number of esters is 1. The zero-order chi connectivity index (χ0) is 39.1. The lowest BCUT2D eigenvalue weighted by Gasteiger charge is -2.46. The number of benzene rings is 2. The fraction of sp³-hybridized carbons (Fsp3) is 0.485. The van der Waals surface area contributed by atoms with E-state index in [1.54, 1.807) is 0 Å². The first-order valence-corrected chi connectivity index (χ1v) is 16.0. The monoisotopic (exact) mass is 754 g/mol. The van der Waals surface area contributed by atoms with Crippen molar-refractivity contribution in [3.8, 4) is 34.3 Å². The topological polar surface area (TPSA) is 344 Å². The van der Waals surface area contributed by atoms with Gasteiger partial charge in [0, 0.05) is 17.7 Å². The molecule has 3 heterocycles. The molecule has 20 nitrogen and oxygen atoms in total. The Labute approximate surface area is 297 Å². The highest BCUT2D eigenvalue weighted by Crippen LogP contribution is 2.45. The molecule has 2 saturated heterocycles. The maximum atomic E-state index is 13.3. The maximum Gasteiger partial charge on any atom is 0.308 e. The number of hydrogen-bond acceptors (Lipinski definition) is 19. The average molecular weight is 755 g/mol. The van der Waals surface area contributed by atoms with Gasteiger partial charge in [0.05, 0.1) is 30.6 Å². The summed E-state index contributed by atoms with van der Waals surface area (Å²) in [6, 6.07) is 5.06. The molecular formula is C33H38O20. The van der Waals surface area contributed by atoms with Crippen molar-refractivity contribution in [1.29, 1.82) is 0 Å². The van der Waals surface area contributed by atoms with E-state index < -0.39 is 150 Å². The number of carboxylic acids is 1. The Morgan fingerprint density at radius 3 is 2.13 bits per heavy atom. The number of carboxylic acid groups (broad SMARTS) is 1. The minimum atomic E-state index is -2.11. The zero-order valence-electron chi connectivity index (χ0n) is 27.6.